The van der Waals surface area contributed by atoms with Crippen LogP contribution >= 0.6 is 23.2 Å². The van der Waals surface area contributed by atoms with Crippen LogP contribution in [0.1, 0.15) is 38.8 Å². The summed E-state index contributed by atoms with van der Waals surface area (Å²) >= 11 is 12.3. The maximum Gasteiger partial charge on any atom is 0.264 e. The number of carbonyl (C=O) groups excluding carboxylic acids is 2. The van der Waals surface area contributed by atoms with E-state index >= 15 is 0 Å². The van der Waals surface area contributed by atoms with Crippen LogP contribution in [0.25, 0.3) is 0 Å². The Morgan fingerprint density at radius 1 is 0.976 bits per heavy atom. The number of hydrogen-bond acceptors (Lipinski definition) is 5. The van der Waals surface area contributed by atoms with Crippen molar-refractivity contribution < 1.29 is 22.7 Å². The van der Waals surface area contributed by atoms with Crippen molar-refractivity contribution in [3.05, 3.63) is 87.9 Å². The van der Waals surface area contributed by atoms with Gasteiger partial charge in [0.25, 0.3) is 10.0 Å². The number of nitrogens with zero attached hydrogens (tertiary/aromatic N) is 2. The van der Waals surface area contributed by atoms with Gasteiger partial charge in [-0.2, -0.15) is 0 Å². The quantitative estimate of drug-likeness (QED) is 0.308. The molecule has 0 aliphatic rings. The molecule has 0 fully saturated rings. The molecular formula is C30H35Cl2N3O5S. The van der Waals surface area contributed by atoms with Gasteiger partial charge in [-0.15, -0.1) is 0 Å². The Bertz CT molecular complexity index is 1510. The Balaban J connectivity index is 2.11. The number of nitrogens with one attached hydrogen (secondary N) is 1. The highest BCUT2D eigenvalue weighted by Crippen LogP contribution is 2.34. The second-order valence-corrected chi connectivity index (χ2v) is 13.4. The van der Waals surface area contributed by atoms with Gasteiger partial charge in [0.05, 0.1) is 27.7 Å². The number of amides is 2. The van der Waals surface area contributed by atoms with E-state index in [4.69, 9.17) is 27.9 Å². The standard InChI is InChI=1S/C30H35Cl2N3O5S/c1-20-12-15-27(40-6)26(16-20)35(41(38,39)23-10-8-7-9-11-23)19-28(36)34(21(2)29(37)33-30(3,4)5)18-22-13-14-24(31)25(32)17-22/h7-17,21H,18-19H2,1-6H3,(H,33,37)/t21-/m1/s1. The van der Waals surface area contributed by atoms with Crippen molar-refractivity contribution in [1.29, 1.82) is 0 Å². The van der Waals surface area contributed by atoms with Crippen LogP contribution in [0.2, 0.25) is 10.0 Å². The SMILES string of the molecule is COc1ccc(C)cc1N(CC(=O)N(Cc1ccc(Cl)c(Cl)c1)[C@H](C)C(=O)NC(C)(C)C)S(=O)(=O)c1ccccc1. The molecule has 0 saturated heterocycles. The van der Waals surface area contributed by atoms with Gasteiger partial charge in [0.1, 0.15) is 18.3 Å². The molecule has 0 aliphatic carbocycles. The first kappa shape index (κ1) is 32.2. The summed E-state index contributed by atoms with van der Waals surface area (Å²) in [6.07, 6.45) is 0. The van der Waals surface area contributed by atoms with Crippen molar-refractivity contribution in [2.45, 2.75) is 57.6 Å². The number of benzene rings is 3. The molecule has 0 aliphatic heterocycles. The monoisotopic (exact) mass is 619 g/mol. The summed E-state index contributed by atoms with van der Waals surface area (Å²) in [7, 11) is -2.80. The zero-order valence-electron chi connectivity index (χ0n) is 23.9. The van der Waals surface area contributed by atoms with E-state index in [1.165, 1.54) is 24.1 Å². The summed E-state index contributed by atoms with van der Waals surface area (Å²) in [6.45, 7) is 8.31. The lowest BCUT2D eigenvalue weighted by Crippen LogP contribution is -2.54. The fourth-order valence-corrected chi connectivity index (χ4v) is 5.88. The van der Waals surface area contributed by atoms with E-state index in [1.54, 1.807) is 61.5 Å². The lowest BCUT2D eigenvalue weighted by Gasteiger charge is -2.34. The third kappa shape index (κ3) is 8.15. The average Bonchev–Trinajstić information content (AvgIpc) is 2.91. The van der Waals surface area contributed by atoms with Gasteiger partial charge in [-0.05, 0) is 82.1 Å². The van der Waals surface area contributed by atoms with Gasteiger partial charge in [-0.25, -0.2) is 8.42 Å². The first-order chi connectivity index (χ1) is 19.1. The number of halogens is 2. The Labute approximate surface area is 252 Å². The minimum atomic E-state index is -4.23. The molecule has 220 valence electrons. The summed E-state index contributed by atoms with van der Waals surface area (Å²) in [5.74, 6) is -0.718. The lowest BCUT2D eigenvalue weighted by molar-refractivity contribution is -0.140. The van der Waals surface area contributed by atoms with Crippen molar-refractivity contribution in [1.82, 2.24) is 10.2 Å². The van der Waals surface area contributed by atoms with Gasteiger partial charge in [-0.3, -0.25) is 13.9 Å². The van der Waals surface area contributed by atoms with E-state index < -0.39 is 40.0 Å². The van der Waals surface area contributed by atoms with Crippen LogP contribution in [0, 0.1) is 6.92 Å². The highest BCUT2D eigenvalue weighted by Gasteiger charge is 2.34. The summed E-state index contributed by atoms with van der Waals surface area (Å²) in [4.78, 5) is 28.7. The van der Waals surface area contributed by atoms with Gasteiger partial charge >= 0.3 is 0 Å². The molecule has 3 aromatic carbocycles. The van der Waals surface area contributed by atoms with Gasteiger partial charge in [0.2, 0.25) is 11.8 Å². The largest absolute Gasteiger partial charge is 0.495 e. The van der Waals surface area contributed by atoms with Crippen LogP contribution in [0.3, 0.4) is 0 Å². The Morgan fingerprint density at radius 2 is 1.63 bits per heavy atom. The normalized spacial score (nSPS) is 12.4. The first-order valence-corrected chi connectivity index (χ1v) is 15.1. The van der Waals surface area contributed by atoms with Crippen LogP contribution < -0.4 is 14.4 Å². The maximum atomic E-state index is 14.1. The average molecular weight is 621 g/mol. The van der Waals surface area contributed by atoms with Gasteiger partial charge in [-0.1, -0.05) is 53.5 Å². The number of hydrogen-bond donors (Lipinski definition) is 1. The van der Waals surface area contributed by atoms with E-state index in [9.17, 15) is 18.0 Å². The molecule has 0 heterocycles. The molecule has 2 amide bonds. The van der Waals surface area contributed by atoms with Gasteiger partial charge in [0.15, 0.2) is 0 Å². The minimum absolute atomic E-state index is 0.00548. The lowest BCUT2D eigenvalue weighted by atomic mass is 10.1. The molecule has 8 nitrogen and oxygen atoms in total. The van der Waals surface area contributed by atoms with Crippen LogP contribution in [0.4, 0.5) is 5.69 Å². The van der Waals surface area contributed by atoms with Crippen LogP contribution in [0.5, 0.6) is 5.75 Å². The highest BCUT2D eigenvalue weighted by atomic mass is 35.5. The van der Waals surface area contributed by atoms with E-state index in [1.807, 2.05) is 27.7 Å². The number of methoxy groups -OCH3 is 1. The smallest absolute Gasteiger partial charge is 0.264 e. The van der Waals surface area contributed by atoms with Crippen molar-refractivity contribution in [2.75, 3.05) is 18.0 Å². The number of rotatable bonds is 10. The zero-order chi connectivity index (χ0) is 30.5. The van der Waals surface area contributed by atoms with E-state index in [0.29, 0.717) is 15.6 Å². The molecule has 0 aromatic heterocycles. The predicted molar refractivity (Wildman–Crippen MR) is 163 cm³/mol. The van der Waals surface area contributed by atoms with Crippen molar-refractivity contribution in [2.24, 2.45) is 0 Å². The molecule has 0 saturated carbocycles. The number of aryl methyl sites for hydroxylation is 1. The zero-order valence-corrected chi connectivity index (χ0v) is 26.3. The number of carbonyl (C=O) groups is 2. The topological polar surface area (TPSA) is 96.0 Å². The second kappa shape index (κ2) is 13.1. The molecule has 0 unspecified atom stereocenters. The Kier molecular flexibility index (Phi) is 10.3. The fraction of sp³-hybridized carbons (Fsp3) is 0.333. The first-order valence-electron chi connectivity index (χ1n) is 12.9. The number of anilines is 1. The molecule has 3 rings (SSSR count). The second-order valence-electron chi connectivity index (χ2n) is 10.7. The Hall–Kier alpha value is -3.27. The Morgan fingerprint density at radius 3 is 2.22 bits per heavy atom. The molecule has 3 aromatic rings. The van der Waals surface area contributed by atoms with E-state index in [-0.39, 0.29) is 22.9 Å². The summed E-state index contributed by atoms with van der Waals surface area (Å²) in [6, 6.07) is 16.9. The molecule has 0 radical (unpaired) electrons. The molecule has 0 spiro atoms. The summed E-state index contributed by atoms with van der Waals surface area (Å²) in [5, 5.41) is 3.53. The minimum Gasteiger partial charge on any atom is -0.495 e. The molecule has 1 atom stereocenters. The summed E-state index contributed by atoms with van der Waals surface area (Å²) < 4.78 is 34.5. The van der Waals surface area contributed by atoms with E-state index in [2.05, 4.69) is 5.32 Å². The maximum absolute atomic E-state index is 14.1. The van der Waals surface area contributed by atoms with Crippen molar-refractivity contribution in [3.63, 3.8) is 0 Å². The molecule has 1 N–H and O–H groups in total. The van der Waals surface area contributed by atoms with Crippen molar-refractivity contribution in [3.8, 4) is 5.75 Å². The third-order valence-electron chi connectivity index (χ3n) is 6.22. The van der Waals surface area contributed by atoms with Crippen LogP contribution in [-0.4, -0.2) is 50.4 Å². The predicted octanol–water partition coefficient (Wildman–Crippen LogP) is 5.84. The van der Waals surface area contributed by atoms with Crippen LogP contribution in [-0.2, 0) is 26.2 Å². The number of sulfonamides is 1. The molecule has 11 heteroatoms. The number of ether oxygens (including phenoxy) is 1. The summed E-state index contributed by atoms with van der Waals surface area (Å²) in [5.41, 5.74) is 1.04. The molecule has 41 heavy (non-hydrogen) atoms. The fourth-order valence-electron chi connectivity index (χ4n) is 4.12. The molecule has 0 bridgehead atoms. The van der Waals surface area contributed by atoms with E-state index in [0.717, 1.165) is 9.87 Å². The van der Waals surface area contributed by atoms with Gasteiger partial charge < -0.3 is 15.0 Å². The highest BCUT2D eigenvalue weighted by molar-refractivity contribution is 7.92. The molecular weight excluding hydrogens is 585 g/mol. The van der Waals surface area contributed by atoms with Gasteiger partial charge in [0, 0.05) is 12.1 Å². The van der Waals surface area contributed by atoms with Crippen molar-refractivity contribution >= 4 is 50.7 Å². The van der Waals surface area contributed by atoms with Crippen LogP contribution in [0.15, 0.2) is 71.6 Å². The third-order valence-corrected chi connectivity index (χ3v) is 8.73.